The van der Waals surface area contributed by atoms with Gasteiger partial charge in [0.25, 0.3) is 0 Å². The summed E-state index contributed by atoms with van der Waals surface area (Å²) in [6.07, 6.45) is -0.517. The smallest absolute Gasteiger partial charge is 0.0945 e. The second kappa shape index (κ2) is 6.55. The zero-order valence-electron chi connectivity index (χ0n) is 11.5. The molecule has 4 heteroatoms. The van der Waals surface area contributed by atoms with Crippen LogP contribution in [0.1, 0.15) is 26.3 Å². The van der Waals surface area contributed by atoms with Gasteiger partial charge in [-0.05, 0) is 61.3 Å². The lowest BCUT2D eigenvalue weighted by molar-refractivity contribution is -0.0449. The van der Waals surface area contributed by atoms with E-state index in [9.17, 15) is 5.11 Å². The summed E-state index contributed by atoms with van der Waals surface area (Å²) in [6.45, 7) is 8.77. The number of aryl methyl sites for hydroxylation is 1. The van der Waals surface area contributed by atoms with Gasteiger partial charge in [0.1, 0.15) is 0 Å². The van der Waals surface area contributed by atoms with Gasteiger partial charge in [0.15, 0.2) is 0 Å². The number of aliphatic hydroxyl groups is 1. The maximum Gasteiger partial charge on any atom is 0.0945 e. The Labute approximate surface area is 118 Å². The average molecular weight is 316 g/mol. The Hall–Kier alpha value is -0.580. The quantitative estimate of drug-likeness (QED) is 0.875. The first kappa shape index (κ1) is 15.5. The van der Waals surface area contributed by atoms with Crippen molar-refractivity contribution in [3.63, 3.8) is 0 Å². The highest BCUT2D eigenvalue weighted by Gasteiger charge is 2.13. The van der Waals surface area contributed by atoms with Crippen molar-refractivity contribution in [3.05, 3.63) is 28.2 Å². The highest BCUT2D eigenvalue weighted by molar-refractivity contribution is 9.10. The van der Waals surface area contributed by atoms with Crippen molar-refractivity contribution in [2.45, 2.75) is 39.4 Å². The van der Waals surface area contributed by atoms with Crippen LogP contribution >= 0.6 is 15.9 Å². The first-order chi connectivity index (χ1) is 8.28. The van der Waals surface area contributed by atoms with Gasteiger partial charge in [-0.1, -0.05) is 6.07 Å². The van der Waals surface area contributed by atoms with Crippen LogP contribution in [0.3, 0.4) is 0 Å². The van der Waals surface area contributed by atoms with E-state index in [-0.39, 0.29) is 5.60 Å². The third-order valence-electron chi connectivity index (χ3n) is 2.36. The highest BCUT2D eigenvalue weighted by Crippen LogP contribution is 2.23. The van der Waals surface area contributed by atoms with E-state index in [2.05, 4.69) is 21.2 Å². The highest BCUT2D eigenvalue weighted by atomic mass is 79.9. The van der Waals surface area contributed by atoms with Crippen LogP contribution in [0.25, 0.3) is 0 Å². The van der Waals surface area contributed by atoms with Gasteiger partial charge in [0, 0.05) is 16.7 Å². The van der Waals surface area contributed by atoms with Crippen molar-refractivity contribution in [1.82, 2.24) is 0 Å². The number of ether oxygens (including phenoxy) is 1. The molecule has 1 rings (SSSR count). The van der Waals surface area contributed by atoms with E-state index in [1.807, 2.05) is 45.9 Å². The molecule has 1 unspecified atom stereocenters. The third-order valence-corrected chi connectivity index (χ3v) is 3.05. The fourth-order valence-corrected chi connectivity index (χ4v) is 1.79. The molecule has 0 fully saturated rings. The molecule has 0 radical (unpaired) electrons. The molecule has 1 aromatic carbocycles. The summed E-state index contributed by atoms with van der Waals surface area (Å²) >= 11 is 3.48. The van der Waals surface area contributed by atoms with Gasteiger partial charge < -0.3 is 15.2 Å². The fraction of sp³-hybridized carbons (Fsp3) is 0.571. The van der Waals surface area contributed by atoms with E-state index >= 15 is 0 Å². The molecule has 1 atom stereocenters. The molecule has 102 valence electrons. The van der Waals surface area contributed by atoms with Gasteiger partial charge in [0.05, 0.1) is 18.3 Å². The van der Waals surface area contributed by atoms with Crippen LogP contribution in [-0.4, -0.2) is 30.0 Å². The van der Waals surface area contributed by atoms with Crippen LogP contribution in [0.5, 0.6) is 0 Å². The third kappa shape index (κ3) is 5.85. The lowest BCUT2D eigenvalue weighted by atomic mass is 10.2. The molecule has 3 nitrogen and oxygen atoms in total. The predicted molar refractivity (Wildman–Crippen MR) is 79.1 cm³/mol. The Kier molecular flexibility index (Phi) is 5.63. The molecule has 0 aliphatic carbocycles. The first-order valence-electron chi connectivity index (χ1n) is 6.10. The number of benzene rings is 1. The molecule has 18 heavy (non-hydrogen) atoms. The molecule has 1 aromatic rings. The number of hydrogen-bond acceptors (Lipinski definition) is 3. The lowest BCUT2D eigenvalue weighted by Crippen LogP contribution is -2.30. The van der Waals surface area contributed by atoms with Crippen molar-refractivity contribution in [3.8, 4) is 0 Å². The van der Waals surface area contributed by atoms with Gasteiger partial charge in [-0.15, -0.1) is 0 Å². The number of rotatable bonds is 5. The molecular weight excluding hydrogens is 294 g/mol. The Bertz CT molecular complexity index is 388. The largest absolute Gasteiger partial charge is 0.389 e. The molecule has 0 aliphatic rings. The van der Waals surface area contributed by atoms with Crippen LogP contribution < -0.4 is 5.32 Å². The fourth-order valence-electron chi connectivity index (χ4n) is 1.41. The number of anilines is 1. The predicted octanol–water partition coefficient (Wildman–Crippen LogP) is 3.35. The van der Waals surface area contributed by atoms with Crippen LogP contribution in [0, 0.1) is 6.92 Å². The lowest BCUT2D eigenvalue weighted by Gasteiger charge is -2.22. The van der Waals surface area contributed by atoms with Crippen molar-refractivity contribution >= 4 is 21.6 Å². The molecule has 0 saturated heterocycles. The molecule has 0 saturated carbocycles. The van der Waals surface area contributed by atoms with Crippen LogP contribution in [0.2, 0.25) is 0 Å². The monoisotopic (exact) mass is 315 g/mol. The van der Waals surface area contributed by atoms with Crippen LogP contribution in [0.4, 0.5) is 5.69 Å². The standard InChI is InChI=1S/C14H22BrNO2/c1-10-5-6-12(15)13(7-10)16-8-11(17)9-18-14(2,3)4/h5-7,11,16-17H,8-9H2,1-4H3. The molecular formula is C14H22BrNO2. The minimum atomic E-state index is -0.517. The molecule has 0 heterocycles. The van der Waals surface area contributed by atoms with Crippen molar-refractivity contribution in [1.29, 1.82) is 0 Å². The van der Waals surface area contributed by atoms with E-state index in [1.54, 1.807) is 0 Å². The van der Waals surface area contributed by atoms with E-state index in [0.717, 1.165) is 10.2 Å². The molecule has 0 aromatic heterocycles. The number of halogens is 1. The van der Waals surface area contributed by atoms with Crippen LogP contribution in [0.15, 0.2) is 22.7 Å². The number of nitrogens with one attached hydrogen (secondary N) is 1. The van der Waals surface area contributed by atoms with E-state index in [4.69, 9.17) is 4.74 Å². The first-order valence-corrected chi connectivity index (χ1v) is 6.89. The van der Waals surface area contributed by atoms with E-state index in [0.29, 0.717) is 13.2 Å². The van der Waals surface area contributed by atoms with Crippen molar-refractivity contribution in [2.75, 3.05) is 18.5 Å². The van der Waals surface area contributed by atoms with E-state index < -0.39 is 6.10 Å². The maximum atomic E-state index is 9.83. The number of aliphatic hydroxyl groups excluding tert-OH is 1. The van der Waals surface area contributed by atoms with Crippen molar-refractivity contribution < 1.29 is 9.84 Å². The maximum absolute atomic E-state index is 9.83. The summed E-state index contributed by atoms with van der Waals surface area (Å²) < 4.78 is 6.53. The molecule has 2 N–H and O–H groups in total. The summed E-state index contributed by atoms with van der Waals surface area (Å²) in [5.41, 5.74) is 1.95. The summed E-state index contributed by atoms with van der Waals surface area (Å²) in [4.78, 5) is 0. The van der Waals surface area contributed by atoms with Gasteiger partial charge in [-0.25, -0.2) is 0 Å². The summed E-state index contributed by atoms with van der Waals surface area (Å²) in [6, 6.07) is 6.07. The van der Waals surface area contributed by atoms with Crippen LogP contribution in [-0.2, 0) is 4.74 Å². The zero-order valence-corrected chi connectivity index (χ0v) is 13.0. The van der Waals surface area contributed by atoms with Gasteiger partial charge in [0.2, 0.25) is 0 Å². The molecule has 0 aliphatic heterocycles. The molecule has 0 amide bonds. The number of hydrogen-bond donors (Lipinski definition) is 2. The Morgan fingerprint density at radius 2 is 2.06 bits per heavy atom. The topological polar surface area (TPSA) is 41.5 Å². The van der Waals surface area contributed by atoms with Crippen molar-refractivity contribution in [2.24, 2.45) is 0 Å². The summed E-state index contributed by atoms with van der Waals surface area (Å²) in [5, 5.41) is 13.0. The summed E-state index contributed by atoms with van der Waals surface area (Å²) in [5.74, 6) is 0. The second-order valence-electron chi connectivity index (χ2n) is 5.44. The zero-order chi connectivity index (χ0) is 13.8. The molecule has 0 bridgehead atoms. The SMILES string of the molecule is Cc1ccc(Br)c(NCC(O)COC(C)(C)C)c1. The Morgan fingerprint density at radius 1 is 1.39 bits per heavy atom. The second-order valence-corrected chi connectivity index (χ2v) is 6.30. The Morgan fingerprint density at radius 3 is 2.67 bits per heavy atom. The van der Waals surface area contributed by atoms with E-state index in [1.165, 1.54) is 5.56 Å². The van der Waals surface area contributed by atoms with Gasteiger partial charge >= 0.3 is 0 Å². The summed E-state index contributed by atoms with van der Waals surface area (Å²) in [7, 11) is 0. The Balaban J connectivity index is 2.42. The van der Waals surface area contributed by atoms with Gasteiger partial charge in [-0.3, -0.25) is 0 Å². The normalized spacial score (nSPS) is 13.4. The average Bonchev–Trinajstić information content (AvgIpc) is 2.26. The van der Waals surface area contributed by atoms with Gasteiger partial charge in [-0.2, -0.15) is 0 Å². The minimum Gasteiger partial charge on any atom is -0.389 e. The minimum absolute atomic E-state index is 0.217. The molecule has 0 spiro atoms.